The van der Waals surface area contributed by atoms with E-state index < -0.39 is 11.9 Å². The first-order chi connectivity index (χ1) is 11.7. The normalized spacial score (nSPS) is 12.0. The monoisotopic (exact) mass is 321 g/mol. The molecule has 4 heteroatoms. The molecule has 122 valence electrons. The molecule has 24 heavy (non-hydrogen) atoms. The van der Waals surface area contributed by atoms with E-state index in [9.17, 15) is 9.59 Å². The number of Topliss-reactive ketones (excluding diaryl/α,β-unsaturated/α-hetero) is 1. The minimum absolute atomic E-state index is 0.209. The third-order valence-corrected chi connectivity index (χ3v) is 4.04. The lowest BCUT2D eigenvalue weighted by molar-refractivity contribution is -0.146. The van der Waals surface area contributed by atoms with Gasteiger partial charge in [0, 0.05) is 22.7 Å². The Morgan fingerprint density at radius 2 is 1.75 bits per heavy atom. The smallest absolute Gasteiger partial charge is 0.317 e. The highest BCUT2D eigenvalue weighted by atomic mass is 16.5. The molecule has 0 saturated carbocycles. The number of esters is 1. The molecule has 3 aromatic rings. The average molecular weight is 321 g/mol. The van der Waals surface area contributed by atoms with E-state index in [0.29, 0.717) is 12.0 Å². The fraction of sp³-hybridized carbons (Fsp3) is 0.200. The Kier molecular flexibility index (Phi) is 4.75. The Morgan fingerprint density at radius 1 is 1.04 bits per heavy atom. The molecule has 4 nitrogen and oxygen atoms in total. The van der Waals surface area contributed by atoms with Crippen LogP contribution in [0.1, 0.15) is 22.8 Å². The molecule has 1 aromatic heterocycles. The molecule has 1 atom stereocenters. The highest BCUT2D eigenvalue weighted by Crippen LogP contribution is 2.23. The summed E-state index contributed by atoms with van der Waals surface area (Å²) in [4.78, 5) is 28.4. The van der Waals surface area contributed by atoms with Gasteiger partial charge in [-0.15, -0.1) is 0 Å². The van der Waals surface area contributed by atoms with Crippen LogP contribution in [-0.2, 0) is 16.0 Å². The van der Waals surface area contributed by atoms with Crippen molar-refractivity contribution in [3.63, 3.8) is 0 Å². The number of ether oxygens (including phenoxy) is 1. The number of benzene rings is 2. The van der Waals surface area contributed by atoms with Crippen LogP contribution in [0.3, 0.4) is 0 Å². The Bertz CT molecular complexity index is 851. The molecule has 1 N–H and O–H groups in total. The summed E-state index contributed by atoms with van der Waals surface area (Å²) in [5.74, 6) is -1.53. The molecule has 3 rings (SSSR count). The van der Waals surface area contributed by atoms with E-state index >= 15 is 0 Å². The molecular weight excluding hydrogens is 302 g/mol. The zero-order valence-corrected chi connectivity index (χ0v) is 13.5. The first-order valence-corrected chi connectivity index (χ1v) is 8.01. The van der Waals surface area contributed by atoms with Crippen molar-refractivity contribution >= 4 is 22.7 Å². The largest absolute Gasteiger partial charge is 0.465 e. The van der Waals surface area contributed by atoms with Crippen LogP contribution in [0.15, 0.2) is 60.8 Å². The summed E-state index contributed by atoms with van der Waals surface area (Å²) in [5.41, 5.74) is 2.45. The fourth-order valence-corrected chi connectivity index (χ4v) is 2.85. The van der Waals surface area contributed by atoms with Crippen molar-refractivity contribution < 1.29 is 14.3 Å². The Labute approximate surface area is 140 Å². The van der Waals surface area contributed by atoms with Crippen LogP contribution in [0, 0.1) is 5.92 Å². The second-order valence-electron chi connectivity index (χ2n) is 5.60. The molecule has 2 aromatic carbocycles. The van der Waals surface area contributed by atoms with Gasteiger partial charge in [0.15, 0.2) is 5.78 Å². The lowest BCUT2D eigenvalue weighted by atomic mass is 9.91. The number of hydrogen-bond acceptors (Lipinski definition) is 3. The van der Waals surface area contributed by atoms with E-state index in [0.717, 1.165) is 16.5 Å². The number of aromatic amines is 1. The molecule has 0 radical (unpaired) electrons. The van der Waals surface area contributed by atoms with Crippen molar-refractivity contribution in [1.29, 1.82) is 0 Å². The van der Waals surface area contributed by atoms with E-state index in [4.69, 9.17) is 4.74 Å². The van der Waals surface area contributed by atoms with Gasteiger partial charge in [-0.2, -0.15) is 0 Å². The van der Waals surface area contributed by atoms with E-state index in [1.54, 1.807) is 31.2 Å². The van der Waals surface area contributed by atoms with Gasteiger partial charge in [0.1, 0.15) is 5.92 Å². The SMILES string of the molecule is CCOC(=O)C(Cc1c[nH]c2ccccc12)C(=O)c1ccccc1. The van der Waals surface area contributed by atoms with E-state index in [2.05, 4.69) is 4.98 Å². The summed E-state index contributed by atoms with van der Waals surface area (Å²) >= 11 is 0. The van der Waals surface area contributed by atoms with Crippen LogP contribution in [0.25, 0.3) is 10.9 Å². The van der Waals surface area contributed by atoms with Gasteiger partial charge in [-0.05, 0) is 25.0 Å². The number of para-hydroxylation sites is 1. The molecule has 0 aliphatic heterocycles. The minimum Gasteiger partial charge on any atom is -0.465 e. The van der Waals surface area contributed by atoms with Crippen molar-refractivity contribution in [2.24, 2.45) is 5.92 Å². The first-order valence-electron chi connectivity index (χ1n) is 8.01. The predicted octanol–water partition coefficient (Wildman–Crippen LogP) is 3.77. The number of carbonyl (C=O) groups excluding carboxylic acids is 2. The number of rotatable bonds is 6. The number of H-pyrrole nitrogens is 1. The van der Waals surface area contributed by atoms with E-state index in [1.807, 2.05) is 36.5 Å². The molecule has 1 unspecified atom stereocenters. The van der Waals surface area contributed by atoms with Crippen LogP contribution < -0.4 is 0 Å². The molecule has 0 bridgehead atoms. The Balaban J connectivity index is 1.93. The summed E-state index contributed by atoms with van der Waals surface area (Å²) in [5, 5.41) is 1.02. The van der Waals surface area contributed by atoms with Gasteiger partial charge in [-0.1, -0.05) is 48.5 Å². The Morgan fingerprint density at radius 3 is 2.50 bits per heavy atom. The van der Waals surface area contributed by atoms with Gasteiger partial charge in [0.25, 0.3) is 0 Å². The second kappa shape index (κ2) is 7.13. The number of ketones is 1. The van der Waals surface area contributed by atoms with Crippen molar-refractivity contribution in [2.75, 3.05) is 6.61 Å². The summed E-state index contributed by atoms with van der Waals surface area (Å²) in [6.07, 6.45) is 2.17. The van der Waals surface area contributed by atoms with E-state index in [1.165, 1.54) is 0 Å². The van der Waals surface area contributed by atoms with Gasteiger partial charge in [0.2, 0.25) is 0 Å². The summed E-state index contributed by atoms with van der Waals surface area (Å²) in [6.45, 7) is 2.00. The van der Waals surface area contributed by atoms with Crippen molar-refractivity contribution in [1.82, 2.24) is 4.98 Å². The van der Waals surface area contributed by atoms with Crippen molar-refractivity contribution in [3.8, 4) is 0 Å². The van der Waals surface area contributed by atoms with Crippen molar-refractivity contribution in [3.05, 3.63) is 71.9 Å². The maximum absolute atomic E-state index is 12.8. The van der Waals surface area contributed by atoms with Gasteiger partial charge >= 0.3 is 5.97 Å². The van der Waals surface area contributed by atoms with Crippen LogP contribution in [-0.4, -0.2) is 23.3 Å². The quantitative estimate of drug-likeness (QED) is 0.427. The number of fused-ring (bicyclic) bond motifs is 1. The topological polar surface area (TPSA) is 59.2 Å². The molecule has 0 saturated heterocycles. The van der Waals surface area contributed by atoms with Gasteiger partial charge in [-0.25, -0.2) is 0 Å². The van der Waals surface area contributed by atoms with Crippen LogP contribution in [0.4, 0.5) is 0 Å². The fourth-order valence-electron chi connectivity index (χ4n) is 2.85. The zero-order valence-electron chi connectivity index (χ0n) is 13.5. The summed E-state index contributed by atoms with van der Waals surface area (Å²) in [6, 6.07) is 16.7. The zero-order chi connectivity index (χ0) is 16.9. The van der Waals surface area contributed by atoms with Gasteiger partial charge in [-0.3, -0.25) is 9.59 Å². The molecule has 0 spiro atoms. The lowest BCUT2D eigenvalue weighted by Crippen LogP contribution is -2.28. The summed E-state index contributed by atoms with van der Waals surface area (Å²) < 4.78 is 5.14. The third kappa shape index (κ3) is 3.23. The van der Waals surface area contributed by atoms with Crippen LogP contribution in [0.2, 0.25) is 0 Å². The highest BCUT2D eigenvalue weighted by molar-refractivity contribution is 6.09. The third-order valence-electron chi connectivity index (χ3n) is 4.04. The van der Waals surface area contributed by atoms with Crippen LogP contribution >= 0.6 is 0 Å². The number of nitrogens with one attached hydrogen (secondary N) is 1. The first kappa shape index (κ1) is 16.0. The number of carbonyl (C=O) groups is 2. The second-order valence-corrected chi connectivity index (χ2v) is 5.60. The molecule has 0 amide bonds. The number of hydrogen-bond donors (Lipinski definition) is 1. The predicted molar refractivity (Wildman–Crippen MR) is 92.9 cm³/mol. The Hall–Kier alpha value is -2.88. The van der Waals surface area contributed by atoms with Gasteiger partial charge < -0.3 is 9.72 Å². The average Bonchev–Trinajstić information content (AvgIpc) is 3.03. The minimum atomic E-state index is -0.841. The molecule has 1 heterocycles. The van der Waals surface area contributed by atoms with Crippen molar-refractivity contribution in [2.45, 2.75) is 13.3 Å². The molecule has 0 fully saturated rings. The van der Waals surface area contributed by atoms with E-state index in [-0.39, 0.29) is 12.4 Å². The van der Waals surface area contributed by atoms with Crippen LogP contribution in [0.5, 0.6) is 0 Å². The molecule has 0 aliphatic rings. The highest BCUT2D eigenvalue weighted by Gasteiger charge is 2.29. The number of aromatic nitrogens is 1. The lowest BCUT2D eigenvalue weighted by Gasteiger charge is -2.14. The molecule has 0 aliphatic carbocycles. The summed E-state index contributed by atoms with van der Waals surface area (Å²) in [7, 11) is 0. The molecular formula is C20H19NO3. The standard InChI is InChI=1S/C20H19NO3/c1-2-24-20(23)17(19(22)14-8-4-3-5-9-14)12-15-13-21-18-11-7-6-10-16(15)18/h3-11,13,17,21H,2,12H2,1H3. The van der Waals surface area contributed by atoms with Gasteiger partial charge in [0.05, 0.1) is 6.61 Å². The maximum atomic E-state index is 12.8. The maximum Gasteiger partial charge on any atom is 0.317 e.